The van der Waals surface area contributed by atoms with Crippen molar-refractivity contribution in [2.24, 2.45) is 0 Å². The van der Waals surface area contributed by atoms with Crippen molar-refractivity contribution in [3.8, 4) is 0 Å². The van der Waals surface area contributed by atoms with E-state index in [0.717, 1.165) is 25.9 Å². The van der Waals surface area contributed by atoms with Crippen molar-refractivity contribution in [2.75, 3.05) is 26.8 Å². The number of ether oxygens (including phenoxy) is 2. The number of methoxy groups -OCH3 is 1. The summed E-state index contributed by atoms with van der Waals surface area (Å²) in [7, 11) is 1.76. The summed E-state index contributed by atoms with van der Waals surface area (Å²) in [6.07, 6.45) is 10.5. The second kappa shape index (κ2) is 4.24. The van der Waals surface area contributed by atoms with E-state index in [0.29, 0.717) is 6.61 Å². The average Bonchev–Trinajstić information content (AvgIpc) is 2.86. The van der Waals surface area contributed by atoms with Crippen LogP contribution >= 0.6 is 0 Å². The van der Waals surface area contributed by atoms with Crippen LogP contribution in [0.5, 0.6) is 0 Å². The van der Waals surface area contributed by atoms with E-state index in [1.165, 1.54) is 16.7 Å². The number of aliphatic hydroxyl groups is 1. The highest BCUT2D eigenvalue weighted by atomic mass is 16.6. The van der Waals surface area contributed by atoms with Crippen LogP contribution in [0.4, 0.5) is 0 Å². The molecule has 0 aromatic heterocycles. The fourth-order valence-electron chi connectivity index (χ4n) is 4.01. The molecule has 0 unspecified atom stereocenters. The zero-order chi connectivity index (χ0) is 13.7. The smallest absolute Gasteiger partial charge is 0.277 e. The minimum atomic E-state index is -0.124. The lowest BCUT2D eigenvalue weighted by molar-refractivity contribution is 0.0579. The van der Waals surface area contributed by atoms with Crippen molar-refractivity contribution in [3.63, 3.8) is 0 Å². The van der Waals surface area contributed by atoms with E-state index in [2.05, 4.69) is 23.1 Å². The van der Waals surface area contributed by atoms with Crippen LogP contribution in [0.25, 0.3) is 0 Å². The van der Waals surface area contributed by atoms with Crippen molar-refractivity contribution < 1.29 is 14.6 Å². The molecule has 0 bridgehead atoms. The third-order valence-corrected chi connectivity index (χ3v) is 5.01. The van der Waals surface area contributed by atoms with Crippen molar-refractivity contribution in [3.05, 3.63) is 47.0 Å². The Morgan fingerprint density at radius 2 is 2.40 bits per heavy atom. The summed E-state index contributed by atoms with van der Waals surface area (Å²) >= 11 is 0. The maximum atomic E-state index is 9.80. The van der Waals surface area contributed by atoms with Gasteiger partial charge in [-0.05, 0) is 23.1 Å². The third-order valence-electron chi connectivity index (χ3n) is 5.01. The quantitative estimate of drug-likeness (QED) is 0.794. The van der Waals surface area contributed by atoms with Crippen LogP contribution in [-0.2, 0) is 9.47 Å². The molecule has 0 aromatic rings. The van der Waals surface area contributed by atoms with Crippen LogP contribution in [-0.4, -0.2) is 48.5 Å². The Morgan fingerprint density at radius 3 is 3.25 bits per heavy atom. The number of rotatable bonds is 1. The second-order valence-corrected chi connectivity index (χ2v) is 5.84. The van der Waals surface area contributed by atoms with E-state index in [1.54, 1.807) is 7.11 Å². The molecular formula is C16H19NO3. The first-order valence-electron chi connectivity index (χ1n) is 7.16. The standard InChI is InChI=1S/C16H19NO3/c1-19-13-3-2-12-5-7-17-6-4-11-10-20-15(18)8-14(11)16(12,17)9-13/h2-3,5,8,13,18H,4,6-7,9-10H2,1H3/t13-,16-/m0/s1. The summed E-state index contributed by atoms with van der Waals surface area (Å²) in [5.41, 5.74) is 3.75. The summed E-state index contributed by atoms with van der Waals surface area (Å²) in [5.74, 6) is 0.0368. The summed E-state index contributed by atoms with van der Waals surface area (Å²) in [5, 5.41) is 9.80. The minimum Gasteiger partial charge on any atom is -0.481 e. The molecule has 0 fully saturated rings. The van der Waals surface area contributed by atoms with Crippen molar-refractivity contribution in [1.29, 1.82) is 0 Å². The van der Waals surface area contributed by atoms with Gasteiger partial charge in [0.05, 0.1) is 11.6 Å². The van der Waals surface area contributed by atoms with Gasteiger partial charge in [-0.15, -0.1) is 0 Å². The Labute approximate surface area is 118 Å². The normalized spacial score (nSPS) is 35.8. The zero-order valence-electron chi connectivity index (χ0n) is 11.6. The van der Waals surface area contributed by atoms with Crippen molar-refractivity contribution in [2.45, 2.75) is 24.5 Å². The Kier molecular flexibility index (Phi) is 2.59. The van der Waals surface area contributed by atoms with Gasteiger partial charge in [0, 0.05) is 32.7 Å². The van der Waals surface area contributed by atoms with E-state index in [1.807, 2.05) is 6.08 Å². The van der Waals surface area contributed by atoms with Gasteiger partial charge >= 0.3 is 0 Å². The molecule has 3 aliphatic heterocycles. The first kappa shape index (κ1) is 12.2. The van der Waals surface area contributed by atoms with E-state index >= 15 is 0 Å². The van der Waals surface area contributed by atoms with Crippen LogP contribution < -0.4 is 0 Å². The van der Waals surface area contributed by atoms with Gasteiger partial charge in [0.2, 0.25) is 0 Å². The van der Waals surface area contributed by atoms with E-state index in [-0.39, 0.29) is 17.6 Å². The molecule has 20 heavy (non-hydrogen) atoms. The molecule has 4 nitrogen and oxygen atoms in total. The molecule has 0 aromatic carbocycles. The van der Waals surface area contributed by atoms with E-state index in [9.17, 15) is 5.11 Å². The van der Waals surface area contributed by atoms with Crippen LogP contribution in [0.15, 0.2) is 47.0 Å². The fraction of sp³-hybridized carbons (Fsp3) is 0.500. The molecule has 0 amide bonds. The predicted octanol–water partition coefficient (Wildman–Crippen LogP) is 2.07. The summed E-state index contributed by atoms with van der Waals surface area (Å²) < 4.78 is 10.9. The number of hydrogen-bond donors (Lipinski definition) is 1. The Balaban J connectivity index is 1.87. The van der Waals surface area contributed by atoms with Crippen LogP contribution in [0, 0.1) is 0 Å². The van der Waals surface area contributed by atoms with Gasteiger partial charge < -0.3 is 14.6 Å². The Bertz CT molecular complexity index is 572. The number of nitrogens with zero attached hydrogens (tertiary/aromatic N) is 1. The average molecular weight is 273 g/mol. The highest BCUT2D eigenvalue weighted by Crippen LogP contribution is 2.49. The topological polar surface area (TPSA) is 41.9 Å². The summed E-state index contributed by atoms with van der Waals surface area (Å²) in [6.45, 7) is 2.53. The maximum Gasteiger partial charge on any atom is 0.277 e. The molecule has 106 valence electrons. The molecule has 4 heteroatoms. The highest BCUT2D eigenvalue weighted by molar-refractivity contribution is 5.56. The first-order chi connectivity index (χ1) is 9.74. The molecule has 4 aliphatic rings. The van der Waals surface area contributed by atoms with Gasteiger partial charge in [-0.2, -0.15) is 0 Å². The molecule has 1 N–H and O–H groups in total. The fourth-order valence-corrected chi connectivity index (χ4v) is 4.01. The first-order valence-corrected chi connectivity index (χ1v) is 7.16. The van der Waals surface area contributed by atoms with E-state index in [4.69, 9.17) is 9.47 Å². The molecule has 4 rings (SSSR count). The lowest BCUT2D eigenvalue weighted by atomic mass is 9.71. The van der Waals surface area contributed by atoms with Crippen LogP contribution in [0.3, 0.4) is 0 Å². The molecule has 0 saturated heterocycles. The van der Waals surface area contributed by atoms with Crippen molar-refractivity contribution in [1.82, 2.24) is 4.90 Å². The van der Waals surface area contributed by atoms with Gasteiger partial charge in [-0.1, -0.05) is 18.2 Å². The second-order valence-electron chi connectivity index (χ2n) is 5.84. The lowest BCUT2D eigenvalue weighted by Crippen LogP contribution is -2.54. The predicted molar refractivity (Wildman–Crippen MR) is 75.2 cm³/mol. The highest BCUT2D eigenvalue weighted by Gasteiger charge is 2.51. The minimum absolute atomic E-state index is 0.0368. The monoisotopic (exact) mass is 273 g/mol. The molecular weight excluding hydrogens is 254 g/mol. The molecule has 3 heterocycles. The SMILES string of the molecule is CO[C@H]1C=CC2=CCN3CCC4=C(C=C(O)OC4)[C@]23C1. The summed E-state index contributed by atoms with van der Waals surface area (Å²) in [6, 6.07) is 0. The Morgan fingerprint density at radius 1 is 1.50 bits per heavy atom. The molecule has 1 spiro atoms. The molecule has 0 radical (unpaired) electrons. The maximum absolute atomic E-state index is 9.80. The van der Waals surface area contributed by atoms with Crippen LogP contribution in [0.2, 0.25) is 0 Å². The van der Waals surface area contributed by atoms with Gasteiger partial charge in [0.1, 0.15) is 6.61 Å². The van der Waals surface area contributed by atoms with Gasteiger partial charge in [-0.25, -0.2) is 0 Å². The third kappa shape index (κ3) is 1.49. The van der Waals surface area contributed by atoms with E-state index < -0.39 is 0 Å². The number of aliphatic hydroxyl groups excluding tert-OH is 1. The molecule has 1 aliphatic carbocycles. The largest absolute Gasteiger partial charge is 0.481 e. The number of hydrogen-bond acceptors (Lipinski definition) is 4. The summed E-state index contributed by atoms with van der Waals surface area (Å²) in [4.78, 5) is 2.51. The zero-order valence-corrected chi connectivity index (χ0v) is 11.6. The molecule has 2 atom stereocenters. The van der Waals surface area contributed by atoms with Gasteiger partial charge in [0.15, 0.2) is 0 Å². The van der Waals surface area contributed by atoms with Crippen molar-refractivity contribution >= 4 is 0 Å². The Hall–Kier alpha value is -1.52. The van der Waals surface area contributed by atoms with Gasteiger partial charge in [-0.3, -0.25) is 4.90 Å². The lowest BCUT2D eigenvalue weighted by Gasteiger charge is -2.49. The van der Waals surface area contributed by atoms with Gasteiger partial charge in [0.25, 0.3) is 5.95 Å². The van der Waals surface area contributed by atoms with Crippen LogP contribution in [0.1, 0.15) is 12.8 Å². The molecule has 0 saturated carbocycles.